The number of nitrogens with one attached hydrogen (secondary N) is 2. The van der Waals surface area contributed by atoms with E-state index in [0.717, 1.165) is 0 Å². The molecule has 9 heteroatoms. The number of nitriles is 1. The normalized spacial score (nSPS) is 11.0. The molecule has 2 amide bonds. The number of anilines is 2. The Balaban J connectivity index is 1.77. The van der Waals surface area contributed by atoms with Crippen LogP contribution in [0.15, 0.2) is 72.8 Å². The average Bonchev–Trinajstić information content (AvgIpc) is 2.83. The van der Waals surface area contributed by atoms with Gasteiger partial charge in [-0.15, -0.1) is 0 Å². The second-order valence-electron chi connectivity index (χ2n) is 7.00. The van der Waals surface area contributed by atoms with Gasteiger partial charge in [-0.3, -0.25) is 9.59 Å². The number of halogens is 1. The summed E-state index contributed by atoms with van der Waals surface area (Å²) in [6.07, 6.45) is -1.51. The molecular formula is C25H20ClN3O5. The Kier molecular flexibility index (Phi) is 8.21. The van der Waals surface area contributed by atoms with Crippen LogP contribution in [0.3, 0.4) is 0 Å². The molecule has 0 aliphatic rings. The van der Waals surface area contributed by atoms with Crippen molar-refractivity contribution in [2.24, 2.45) is 0 Å². The third kappa shape index (κ3) is 6.34. The minimum atomic E-state index is -1.23. The number of nitrogens with zero attached hydrogens (tertiary/aromatic N) is 1. The molecular weight excluding hydrogens is 458 g/mol. The number of hydrogen-bond acceptors (Lipinski definition) is 6. The molecule has 0 bridgehead atoms. The summed E-state index contributed by atoms with van der Waals surface area (Å²) in [7, 11) is 1.48. The van der Waals surface area contributed by atoms with Crippen LogP contribution in [0.1, 0.15) is 28.4 Å². The Morgan fingerprint density at radius 1 is 0.971 bits per heavy atom. The predicted octanol–water partition coefficient (Wildman–Crippen LogP) is 4.74. The molecule has 0 radical (unpaired) electrons. The van der Waals surface area contributed by atoms with E-state index >= 15 is 0 Å². The van der Waals surface area contributed by atoms with Gasteiger partial charge in [-0.1, -0.05) is 41.9 Å². The van der Waals surface area contributed by atoms with Gasteiger partial charge in [-0.2, -0.15) is 5.26 Å². The summed E-state index contributed by atoms with van der Waals surface area (Å²) in [5.41, 5.74) is 1.49. The fourth-order valence-electron chi connectivity index (χ4n) is 2.99. The third-order valence-corrected chi connectivity index (χ3v) is 4.92. The van der Waals surface area contributed by atoms with Crippen LogP contribution < -0.4 is 15.4 Å². The highest BCUT2D eigenvalue weighted by atomic mass is 35.5. The van der Waals surface area contributed by atoms with Crippen LogP contribution in [0.4, 0.5) is 11.4 Å². The van der Waals surface area contributed by atoms with Crippen LogP contribution in [0, 0.1) is 11.3 Å². The first kappa shape index (κ1) is 24.3. The summed E-state index contributed by atoms with van der Waals surface area (Å²) in [4.78, 5) is 37.4. The van der Waals surface area contributed by atoms with Crippen molar-refractivity contribution in [2.75, 3.05) is 17.7 Å². The Bertz CT molecular complexity index is 1220. The van der Waals surface area contributed by atoms with Gasteiger partial charge in [-0.25, -0.2) is 4.79 Å². The first-order valence-corrected chi connectivity index (χ1v) is 10.5. The van der Waals surface area contributed by atoms with Crippen LogP contribution in [0.5, 0.6) is 5.75 Å². The molecule has 0 fully saturated rings. The van der Waals surface area contributed by atoms with Crippen molar-refractivity contribution < 1.29 is 23.9 Å². The highest BCUT2D eigenvalue weighted by molar-refractivity contribution is 6.32. The number of ether oxygens (including phenoxy) is 2. The lowest BCUT2D eigenvalue weighted by Crippen LogP contribution is -2.26. The average molecular weight is 478 g/mol. The Labute approximate surface area is 201 Å². The second-order valence-corrected chi connectivity index (χ2v) is 7.40. The molecule has 0 saturated carbocycles. The molecule has 3 rings (SSSR count). The summed E-state index contributed by atoms with van der Waals surface area (Å²) in [6, 6.07) is 21.0. The first-order chi connectivity index (χ1) is 16.4. The Morgan fingerprint density at radius 2 is 1.65 bits per heavy atom. The van der Waals surface area contributed by atoms with Gasteiger partial charge >= 0.3 is 5.97 Å². The molecule has 1 unspecified atom stereocenters. The van der Waals surface area contributed by atoms with Crippen LogP contribution >= 0.6 is 11.6 Å². The molecule has 0 spiro atoms. The third-order valence-electron chi connectivity index (χ3n) is 4.63. The smallest absolute Gasteiger partial charge is 0.339 e. The van der Waals surface area contributed by atoms with Gasteiger partial charge in [0, 0.05) is 16.9 Å². The lowest BCUT2D eigenvalue weighted by atomic mass is 10.1. The minimum Gasteiger partial charge on any atom is -0.495 e. The summed E-state index contributed by atoms with van der Waals surface area (Å²) < 4.78 is 10.7. The molecule has 172 valence electrons. The molecule has 34 heavy (non-hydrogen) atoms. The number of rotatable bonds is 8. The number of benzene rings is 3. The summed E-state index contributed by atoms with van der Waals surface area (Å²) in [6.45, 7) is 0. The van der Waals surface area contributed by atoms with E-state index in [1.165, 1.54) is 37.4 Å². The second kappa shape index (κ2) is 11.5. The standard InChI is InChI=1S/C25H20ClN3O5/c1-33-21-12-11-19(15-20(21)26)29-24(31)23(16-5-3-2-4-6-16)34-25(32)17-7-9-18(10-8-17)28-22(30)13-14-27/h2-12,15,23H,13H2,1H3,(H,28,30)(H,29,31). The molecule has 3 aromatic carbocycles. The molecule has 0 aromatic heterocycles. The largest absolute Gasteiger partial charge is 0.495 e. The lowest BCUT2D eigenvalue weighted by Gasteiger charge is -2.18. The van der Waals surface area contributed by atoms with Gasteiger partial charge in [-0.05, 0) is 42.5 Å². The molecule has 0 saturated heterocycles. The van der Waals surface area contributed by atoms with E-state index < -0.39 is 23.9 Å². The van der Waals surface area contributed by atoms with Crippen molar-refractivity contribution in [3.05, 3.63) is 88.9 Å². The van der Waals surface area contributed by atoms with Crippen molar-refractivity contribution in [1.29, 1.82) is 5.26 Å². The van der Waals surface area contributed by atoms with Crippen LogP contribution in [-0.4, -0.2) is 24.9 Å². The first-order valence-electron chi connectivity index (χ1n) is 10.1. The van der Waals surface area contributed by atoms with E-state index in [0.29, 0.717) is 27.7 Å². The molecule has 0 aliphatic carbocycles. The summed E-state index contributed by atoms with van der Waals surface area (Å²) in [5, 5.41) is 14.1. The Morgan fingerprint density at radius 3 is 2.26 bits per heavy atom. The zero-order chi connectivity index (χ0) is 24.5. The van der Waals surface area contributed by atoms with E-state index in [-0.39, 0.29) is 12.0 Å². The quantitative estimate of drug-likeness (QED) is 0.452. The van der Waals surface area contributed by atoms with Gasteiger partial charge in [0.2, 0.25) is 12.0 Å². The molecule has 0 heterocycles. The maximum absolute atomic E-state index is 13.0. The number of carbonyl (C=O) groups is 3. The number of hydrogen-bond donors (Lipinski definition) is 2. The summed E-state index contributed by atoms with van der Waals surface area (Å²) >= 11 is 6.13. The monoisotopic (exact) mass is 477 g/mol. The van der Waals surface area contributed by atoms with Crippen molar-refractivity contribution >= 4 is 40.8 Å². The molecule has 0 aliphatic heterocycles. The predicted molar refractivity (Wildman–Crippen MR) is 127 cm³/mol. The number of esters is 1. The highest BCUT2D eigenvalue weighted by Crippen LogP contribution is 2.28. The van der Waals surface area contributed by atoms with E-state index in [4.69, 9.17) is 26.3 Å². The lowest BCUT2D eigenvalue weighted by molar-refractivity contribution is -0.125. The molecule has 2 N–H and O–H groups in total. The SMILES string of the molecule is COc1ccc(NC(=O)C(OC(=O)c2ccc(NC(=O)CC#N)cc2)c2ccccc2)cc1Cl. The van der Waals surface area contributed by atoms with Crippen LogP contribution in [0.2, 0.25) is 5.02 Å². The van der Waals surface area contributed by atoms with E-state index in [9.17, 15) is 14.4 Å². The van der Waals surface area contributed by atoms with Gasteiger partial charge in [0.1, 0.15) is 12.2 Å². The fourth-order valence-corrected chi connectivity index (χ4v) is 3.25. The molecule has 1 atom stereocenters. The van der Waals surface area contributed by atoms with Gasteiger partial charge < -0.3 is 20.1 Å². The fraction of sp³-hybridized carbons (Fsp3) is 0.120. The van der Waals surface area contributed by atoms with Crippen LogP contribution in [0.25, 0.3) is 0 Å². The van der Waals surface area contributed by atoms with Crippen molar-refractivity contribution in [1.82, 2.24) is 0 Å². The summed E-state index contributed by atoms with van der Waals surface area (Å²) in [5.74, 6) is -1.30. The topological polar surface area (TPSA) is 118 Å². The van der Waals surface area contributed by atoms with Gasteiger partial charge in [0.25, 0.3) is 5.91 Å². The molecule has 8 nitrogen and oxygen atoms in total. The maximum atomic E-state index is 13.0. The van der Waals surface area contributed by atoms with Crippen molar-refractivity contribution in [3.8, 4) is 11.8 Å². The molecule has 3 aromatic rings. The van der Waals surface area contributed by atoms with Crippen molar-refractivity contribution in [2.45, 2.75) is 12.5 Å². The maximum Gasteiger partial charge on any atom is 0.339 e. The zero-order valence-corrected chi connectivity index (χ0v) is 18.8. The van der Waals surface area contributed by atoms with Gasteiger partial charge in [0.15, 0.2) is 0 Å². The van der Waals surface area contributed by atoms with E-state index in [1.54, 1.807) is 48.5 Å². The Hall–Kier alpha value is -4.35. The minimum absolute atomic E-state index is 0.180. The van der Waals surface area contributed by atoms with Crippen molar-refractivity contribution in [3.63, 3.8) is 0 Å². The van der Waals surface area contributed by atoms with E-state index in [2.05, 4.69) is 10.6 Å². The van der Waals surface area contributed by atoms with E-state index in [1.807, 2.05) is 0 Å². The number of methoxy groups -OCH3 is 1. The van der Waals surface area contributed by atoms with Crippen LogP contribution in [-0.2, 0) is 14.3 Å². The van der Waals surface area contributed by atoms with Gasteiger partial charge in [0.05, 0.1) is 23.8 Å². The number of carbonyl (C=O) groups excluding carboxylic acids is 3. The highest BCUT2D eigenvalue weighted by Gasteiger charge is 2.26. The number of amides is 2. The zero-order valence-electron chi connectivity index (χ0n) is 18.1.